The van der Waals surface area contributed by atoms with E-state index in [4.69, 9.17) is 0 Å². The van der Waals surface area contributed by atoms with Crippen LogP contribution in [0.25, 0.3) is 0 Å². The molecule has 0 aliphatic carbocycles. The summed E-state index contributed by atoms with van der Waals surface area (Å²) < 4.78 is 1.17. The second-order valence-electron chi connectivity index (χ2n) is 4.46. The molecule has 1 nitrogen and oxygen atoms in total. The van der Waals surface area contributed by atoms with E-state index in [2.05, 4.69) is 72.3 Å². The zero-order chi connectivity index (χ0) is 13.1. The van der Waals surface area contributed by atoms with Gasteiger partial charge in [-0.1, -0.05) is 40.5 Å². The summed E-state index contributed by atoms with van der Waals surface area (Å²) in [6.07, 6.45) is 0. The molecular weight excluding hydrogens is 306 g/mol. The Balaban J connectivity index is 2.44. The molecule has 3 heteroatoms. The summed E-state index contributed by atoms with van der Waals surface area (Å²) in [5.41, 5.74) is 2.61. The molecule has 0 radical (unpaired) electrons. The van der Waals surface area contributed by atoms with Crippen molar-refractivity contribution in [1.29, 1.82) is 0 Å². The molecule has 1 aromatic carbocycles. The maximum absolute atomic E-state index is 3.67. The molecule has 0 saturated carbocycles. The van der Waals surface area contributed by atoms with Crippen LogP contribution in [0.15, 0.2) is 34.8 Å². The fourth-order valence-corrected chi connectivity index (χ4v) is 3.51. The van der Waals surface area contributed by atoms with E-state index in [0.717, 1.165) is 6.54 Å². The average molecular weight is 324 g/mol. The second kappa shape index (κ2) is 6.00. The molecule has 0 amide bonds. The lowest BCUT2D eigenvalue weighted by atomic mass is 10.0. The lowest BCUT2D eigenvalue weighted by Gasteiger charge is -2.19. The van der Waals surface area contributed by atoms with Crippen LogP contribution in [0, 0.1) is 13.8 Å². The molecule has 0 saturated heterocycles. The van der Waals surface area contributed by atoms with Gasteiger partial charge in [-0.15, -0.1) is 11.3 Å². The van der Waals surface area contributed by atoms with Crippen LogP contribution in [0.2, 0.25) is 0 Å². The van der Waals surface area contributed by atoms with Crippen molar-refractivity contribution in [2.45, 2.75) is 26.8 Å². The van der Waals surface area contributed by atoms with E-state index < -0.39 is 0 Å². The normalized spacial score (nSPS) is 12.7. The minimum Gasteiger partial charge on any atom is -0.306 e. The van der Waals surface area contributed by atoms with E-state index in [1.807, 2.05) is 11.3 Å². The SMILES string of the molecule is CCNC(c1ccc(C)s1)c1cc(C)ccc1Br. The van der Waals surface area contributed by atoms with Crippen LogP contribution < -0.4 is 5.32 Å². The van der Waals surface area contributed by atoms with Gasteiger partial charge in [0.25, 0.3) is 0 Å². The minimum absolute atomic E-state index is 0.281. The summed E-state index contributed by atoms with van der Waals surface area (Å²) in [7, 11) is 0. The van der Waals surface area contributed by atoms with Gasteiger partial charge in [0.1, 0.15) is 0 Å². The van der Waals surface area contributed by atoms with Crippen molar-refractivity contribution >= 4 is 27.3 Å². The van der Waals surface area contributed by atoms with Gasteiger partial charge in [0.05, 0.1) is 6.04 Å². The molecule has 18 heavy (non-hydrogen) atoms. The fraction of sp³-hybridized carbons (Fsp3) is 0.333. The highest BCUT2D eigenvalue weighted by Gasteiger charge is 2.17. The first-order valence-corrected chi connectivity index (χ1v) is 7.78. The van der Waals surface area contributed by atoms with Crippen molar-refractivity contribution in [3.05, 3.63) is 55.7 Å². The number of benzene rings is 1. The standard InChI is InChI=1S/C15H18BrNS/c1-4-17-15(14-8-6-11(3)18-14)12-9-10(2)5-7-13(12)16/h5-9,15,17H,4H2,1-3H3. The van der Waals surface area contributed by atoms with Crippen LogP contribution in [0.1, 0.15) is 33.8 Å². The van der Waals surface area contributed by atoms with Crippen molar-refractivity contribution in [2.75, 3.05) is 6.54 Å². The van der Waals surface area contributed by atoms with Gasteiger partial charge >= 0.3 is 0 Å². The van der Waals surface area contributed by atoms with Gasteiger partial charge < -0.3 is 5.32 Å². The third-order valence-electron chi connectivity index (χ3n) is 2.92. The molecule has 0 bridgehead atoms. The van der Waals surface area contributed by atoms with E-state index in [-0.39, 0.29) is 6.04 Å². The van der Waals surface area contributed by atoms with E-state index >= 15 is 0 Å². The van der Waals surface area contributed by atoms with E-state index in [1.165, 1.54) is 25.4 Å². The van der Waals surface area contributed by atoms with Gasteiger partial charge in [0.15, 0.2) is 0 Å². The lowest BCUT2D eigenvalue weighted by Crippen LogP contribution is -2.21. The molecule has 1 unspecified atom stereocenters. The summed E-state index contributed by atoms with van der Waals surface area (Å²) in [5, 5.41) is 3.58. The zero-order valence-corrected chi connectivity index (χ0v) is 13.4. The average Bonchev–Trinajstić information content (AvgIpc) is 2.76. The Morgan fingerprint density at radius 2 is 2.00 bits per heavy atom. The maximum Gasteiger partial charge on any atom is 0.0682 e. The first-order chi connectivity index (χ1) is 8.61. The molecule has 0 fully saturated rings. The van der Waals surface area contributed by atoms with Crippen molar-refractivity contribution < 1.29 is 0 Å². The first kappa shape index (κ1) is 13.8. The Morgan fingerprint density at radius 3 is 2.61 bits per heavy atom. The number of hydrogen-bond acceptors (Lipinski definition) is 2. The zero-order valence-electron chi connectivity index (χ0n) is 11.0. The minimum atomic E-state index is 0.281. The molecule has 2 aromatic rings. The molecule has 2 rings (SSSR count). The van der Waals surface area contributed by atoms with Crippen molar-refractivity contribution in [3.8, 4) is 0 Å². The largest absolute Gasteiger partial charge is 0.306 e. The van der Waals surface area contributed by atoms with Crippen LogP contribution in [0.3, 0.4) is 0 Å². The van der Waals surface area contributed by atoms with Crippen LogP contribution in [0.4, 0.5) is 0 Å². The third-order valence-corrected chi connectivity index (χ3v) is 4.70. The summed E-state index contributed by atoms with van der Waals surface area (Å²) in [5.74, 6) is 0. The fourth-order valence-electron chi connectivity index (χ4n) is 2.06. The molecule has 1 atom stereocenters. The van der Waals surface area contributed by atoms with Gasteiger partial charge in [0, 0.05) is 14.2 Å². The van der Waals surface area contributed by atoms with Gasteiger partial charge in [0.2, 0.25) is 0 Å². The Bertz CT molecular complexity index is 533. The maximum atomic E-state index is 3.67. The molecule has 1 heterocycles. The van der Waals surface area contributed by atoms with Crippen molar-refractivity contribution in [2.24, 2.45) is 0 Å². The monoisotopic (exact) mass is 323 g/mol. The molecule has 1 N–H and O–H groups in total. The summed E-state index contributed by atoms with van der Waals surface area (Å²) in [6, 6.07) is 11.2. The highest BCUT2D eigenvalue weighted by atomic mass is 79.9. The molecule has 0 aliphatic heterocycles. The summed E-state index contributed by atoms with van der Waals surface area (Å²) >= 11 is 5.53. The third kappa shape index (κ3) is 3.02. The quantitative estimate of drug-likeness (QED) is 0.850. The predicted molar refractivity (Wildman–Crippen MR) is 83.5 cm³/mol. The van der Waals surface area contributed by atoms with Crippen LogP contribution in [-0.4, -0.2) is 6.54 Å². The molecule has 0 spiro atoms. The topological polar surface area (TPSA) is 12.0 Å². The summed E-state index contributed by atoms with van der Waals surface area (Å²) in [4.78, 5) is 2.73. The van der Waals surface area contributed by atoms with Gasteiger partial charge in [-0.05, 0) is 44.2 Å². The van der Waals surface area contributed by atoms with Crippen molar-refractivity contribution in [1.82, 2.24) is 5.32 Å². The highest BCUT2D eigenvalue weighted by Crippen LogP contribution is 2.33. The number of aryl methyl sites for hydroxylation is 2. The predicted octanol–water partition coefficient (Wildman–Crippen LogP) is 4.83. The summed E-state index contributed by atoms with van der Waals surface area (Å²) in [6.45, 7) is 7.40. The van der Waals surface area contributed by atoms with E-state index in [1.54, 1.807) is 0 Å². The Morgan fingerprint density at radius 1 is 1.22 bits per heavy atom. The Labute approximate surface area is 121 Å². The Hall–Kier alpha value is -0.640. The number of nitrogens with one attached hydrogen (secondary N) is 1. The van der Waals surface area contributed by atoms with Gasteiger partial charge in [-0.25, -0.2) is 0 Å². The molecular formula is C15H18BrNS. The highest BCUT2D eigenvalue weighted by molar-refractivity contribution is 9.10. The molecule has 0 aliphatic rings. The molecule has 1 aromatic heterocycles. The number of thiophene rings is 1. The van der Waals surface area contributed by atoms with E-state index in [0.29, 0.717) is 0 Å². The van der Waals surface area contributed by atoms with Gasteiger partial charge in [-0.2, -0.15) is 0 Å². The first-order valence-electron chi connectivity index (χ1n) is 6.17. The van der Waals surface area contributed by atoms with Crippen LogP contribution >= 0.6 is 27.3 Å². The number of hydrogen-bond donors (Lipinski definition) is 1. The van der Waals surface area contributed by atoms with Crippen LogP contribution in [-0.2, 0) is 0 Å². The van der Waals surface area contributed by atoms with Crippen LogP contribution in [0.5, 0.6) is 0 Å². The second-order valence-corrected chi connectivity index (χ2v) is 6.64. The van der Waals surface area contributed by atoms with Gasteiger partial charge in [-0.3, -0.25) is 0 Å². The smallest absolute Gasteiger partial charge is 0.0682 e. The number of halogens is 1. The van der Waals surface area contributed by atoms with E-state index in [9.17, 15) is 0 Å². The van der Waals surface area contributed by atoms with Crippen molar-refractivity contribution in [3.63, 3.8) is 0 Å². The number of rotatable bonds is 4. The lowest BCUT2D eigenvalue weighted by molar-refractivity contribution is 0.637. The Kier molecular flexibility index (Phi) is 4.60. The molecule has 96 valence electrons.